The third kappa shape index (κ3) is 3.33. The summed E-state index contributed by atoms with van der Waals surface area (Å²) in [6.45, 7) is 1.17. The number of rotatable bonds is 5. The van der Waals surface area contributed by atoms with Gasteiger partial charge in [-0.25, -0.2) is 17.5 Å². The first-order valence-electron chi connectivity index (χ1n) is 7.25. The summed E-state index contributed by atoms with van der Waals surface area (Å²) in [5, 5.41) is 11.4. The summed E-state index contributed by atoms with van der Waals surface area (Å²) in [6.07, 6.45) is 0. The molecule has 7 heteroatoms. The summed E-state index contributed by atoms with van der Waals surface area (Å²) in [4.78, 5) is -0.0793. The highest BCUT2D eigenvalue weighted by molar-refractivity contribution is 7.89. The highest BCUT2D eigenvalue weighted by atomic mass is 32.2. The molecular weight excluding hydrogens is 333 g/mol. The molecule has 0 amide bonds. The second-order valence-electron chi connectivity index (χ2n) is 5.70. The molecular formula is C17H16FNO4S. The van der Waals surface area contributed by atoms with E-state index < -0.39 is 21.4 Å². The van der Waals surface area contributed by atoms with Crippen molar-refractivity contribution < 1.29 is 22.3 Å². The SMILES string of the molecule is C[C@](O)(CNS(=O)(=O)c1ccc(F)cc1)c1cc2ccccc2o1. The molecule has 5 nitrogen and oxygen atoms in total. The summed E-state index contributed by atoms with van der Waals surface area (Å²) in [6, 6.07) is 13.4. The third-order valence-corrected chi connectivity index (χ3v) is 5.10. The number of benzene rings is 2. The molecule has 2 N–H and O–H groups in total. The van der Waals surface area contributed by atoms with Gasteiger partial charge in [0.05, 0.1) is 4.90 Å². The smallest absolute Gasteiger partial charge is 0.240 e. The number of para-hydroxylation sites is 1. The lowest BCUT2D eigenvalue weighted by molar-refractivity contribution is 0.0412. The van der Waals surface area contributed by atoms with Crippen LogP contribution in [-0.4, -0.2) is 20.1 Å². The topological polar surface area (TPSA) is 79.5 Å². The number of nitrogens with one attached hydrogen (secondary N) is 1. The largest absolute Gasteiger partial charge is 0.458 e. The molecule has 0 spiro atoms. The molecule has 1 heterocycles. The van der Waals surface area contributed by atoms with Crippen molar-refractivity contribution in [1.29, 1.82) is 0 Å². The van der Waals surface area contributed by atoms with E-state index in [4.69, 9.17) is 4.42 Å². The van der Waals surface area contributed by atoms with Gasteiger partial charge in [0.25, 0.3) is 0 Å². The van der Waals surface area contributed by atoms with Crippen LogP contribution in [0.25, 0.3) is 11.0 Å². The van der Waals surface area contributed by atoms with E-state index in [-0.39, 0.29) is 17.2 Å². The van der Waals surface area contributed by atoms with E-state index >= 15 is 0 Å². The molecule has 1 atom stereocenters. The molecule has 3 aromatic rings. The first-order chi connectivity index (χ1) is 11.3. The van der Waals surface area contributed by atoms with Crippen LogP contribution in [-0.2, 0) is 15.6 Å². The van der Waals surface area contributed by atoms with Gasteiger partial charge < -0.3 is 9.52 Å². The van der Waals surface area contributed by atoms with Gasteiger partial charge in [0, 0.05) is 11.9 Å². The Hall–Kier alpha value is -2.22. The minimum absolute atomic E-state index is 0.0793. The fourth-order valence-corrected chi connectivity index (χ4v) is 3.40. The normalized spacial score (nSPS) is 14.6. The molecule has 0 saturated carbocycles. The van der Waals surface area contributed by atoms with E-state index in [2.05, 4.69) is 4.72 Å². The lowest BCUT2D eigenvalue weighted by Crippen LogP contribution is -2.38. The first kappa shape index (κ1) is 16.6. The molecule has 0 aliphatic heterocycles. The van der Waals surface area contributed by atoms with Gasteiger partial charge in [-0.15, -0.1) is 0 Å². The number of sulfonamides is 1. The summed E-state index contributed by atoms with van der Waals surface area (Å²) in [7, 11) is -3.87. The summed E-state index contributed by atoms with van der Waals surface area (Å²) in [5.41, 5.74) is -0.930. The molecule has 0 aliphatic carbocycles. The maximum atomic E-state index is 12.9. The third-order valence-electron chi connectivity index (χ3n) is 3.69. The van der Waals surface area contributed by atoms with Crippen LogP contribution in [0.1, 0.15) is 12.7 Å². The predicted octanol–water partition coefficient (Wildman–Crippen LogP) is 2.76. The fourth-order valence-electron chi connectivity index (χ4n) is 2.27. The Kier molecular flexibility index (Phi) is 4.16. The lowest BCUT2D eigenvalue weighted by Gasteiger charge is -2.21. The molecule has 1 aromatic heterocycles. The molecule has 3 rings (SSSR count). The predicted molar refractivity (Wildman–Crippen MR) is 87.4 cm³/mol. The Morgan fingerprint density at radius 1 is 1.17 bits per heavy atom. The van der Waals surface area contributed by atoms with Gasteiger partial charge in [-0.3, -0.25) is 0 Å². The second-order valence-corrected chi connectivity index (χ2v) is 7.47. The van der Waals surface area contributed by atoms with Crippen LogP contribution < -0.4 is 4.72 Å². The van der Waals surface area contributed by atoms with E-state index in [0.717, 1.165) is 29.7 Å². The summed E-state index contributed by atoms with van der Waals surface area (Å²) >= 11 is 0. The highest BCUT2D eigenvalue weighted by Gasteiger charge is 2.29. The van der Waals surface area contributed by atoms with Gasteiger partial charge in [-0.1, -0.05) is 18.2 Å². The number of furan rings is 1. The van der Waals surface area contributed by atoms with E-state index in [1.54, 1.807) is 12.1 Å². The van der Waals surface area contributed by atoms with Crippen molar-refractivity contribution in [3.63, 3.8) is 0 Å². The Labute approximate surface area is 138 Å². The number of hydrogen-bond donors (Lipinski definition) is 2. The maximum Gasteiger partial charge on any atom is 0.240 e. The van der Waals surface area contributed by atoms with Gasteiger partial charge in [0.15, 0.2) is 0 Å². The Morgan fingerprint density at radius 2 is 1.83 bits per heavy atom. The molecule has 0 bridgehead atoms. The van der Waals surface area contributed by atoms with Crippen molar-refractivity contribution in [2.24, 2.45) is 0 Å². The monoisotopic (exact) mass is 349 g/mol. The quantitative estimate of drug-likeness (QED) is 0.742. The summed E-state index contributed by atoms with van der Waals surface area (Å²) in [5.74, 6) is -0.270. The van der Waals surface area contributed by atoms with Crippen LogP contribution in [0, 0.1) is 5.82 Å². The molecule has 0 radical (unpaired) electrons. The van der Waals surface area contributed by atoms with Crippen molar-refractivity contribution in [3.8, 4) is 0 Å². The second kappa shape index (κ2) is 6.01. The molecule has 0 saturated heterocycles. The molecule has 126 valence electrons. The Morgan fingerprint density at radius 3 is 2.50 bits per heavy atom. The zero-order valence-electron chi connectivity index (χ0n) is 12.9. The van der Waals surface area contributed by atoms with Gasteiger partial charge in [0.2, 0.25) is 10.0 Å². The zero-order valence-corrected chi connectivity index (χ0v) is 13.7. The van der Waals surface area contributed by atoms with Crippen LogP contribution >= 0.6 is 0 Å². The molecule has 2 aromatic carbocycles. The minimum Gasteiger partial charge on any atom is -0.458 e. The average Bonchev–Trinajstić information content (AvgIpc) is 2.99. The minimum atomic E-state index is -3.87. The maximum absolute atomic E-state index is 12.9. The molecule has 0 unspecified atom stereocenters. The number of hydrogen-bond acceptors (Lipinski definition) is 4. The van der Waals surface area contributed by atoms with E-state index in [9.17, 15) is 17.9 Å². The zero-order chi connectivity index (χ0) is 17.4. The van der Waals surface area contributed by atoms with Crippen LogP contribution in [0.5, 0.6) is 0 Å². The van der Waals surface area contributed by atoms with Gasteiger partial charge in [-0.2, -0.15) is 0 Å². The van der Waals surface area contributed by atoms with Crippen molar-refractivity contribution in [2.75, 3.05) is 6.54 Å². The van der Waals surface area contributed by atoms with E-state index in [0.29, 0.717) is 5.58 Å². The lowest BCUT2D eigenvalue weighted by atomic mass is 10.0. The molecule has 0 fully saturated rings. The summed E-state index contributed by atoms with van der Waals surface area (Å²) < 4.78 is 45.2. The van der Waals surface area contributed by atoms with Gasteiger partial charge in [0.1, 0.15) is 22.8 Å². The fraction of sp³-hybridized carbons (Fsp3) is 0.176. The van der Waals surface area contributed by atoms with Crippen LogP contribution in [0.3, 0.4) is 0 Å². The van der Waals surface area contributed by atoms with E-state index in [1.165, 1.54) is 6.92 Å². The number of halogens is 1. The number of aliphatic hydroxyl groups is 1. The first-order valence-corrected chi connectivity index (χ1v) is 8.73. The van der Waals surface area contributed by atoms with E-state index in [1.807, 2.05) is 18.2 Å². The van der Waals surface area contributed by atoms with Crippen molar-refractivity contribution in [1.82, 2.24) is 4.72 Å². The van der Waals surface area contributed by atoms with Crippen LogP contribution in [0.15, 0.2) is 63.9 Å². The average molecular weight is 349 g/mol. The van der Waals surface area contributed by atoms with Crippen molar-refractivity contribution in [2.45, 2.75) is 17.4 Å². The molecule has 0 aliphatic rings. The standard InChI is InChI=1S/C17H16FNO4S/c1-17(20,16-10-12-4-2-3-5-15(12)23-16)11-19-24(21,22)14-8-6-13(18)7-9-14/h2-10,19-20H,11H2,1H3/t17-/m0/s1. The highest BCUT2D eigenvalue weighted by Crippen LogP contribution is 2.27. The van der Waals surface area contributed by atoms with Crippen molar-refractivity contribution in [3.05, 3.63) is 66.2 Å². The number of fused-ring (bicyclic) bond motifs is 1. The van der Waals surface area contributed by atoms with Gasteiger partial charge in [-0.05, 0) is 43.3 Å². The van der Waals surface area contributed by atoms with Gasteiger partial charge >= 0.3 is 0 Å². The molecule has 24 heavy (non-hydrogen) atoms. The van der Waals surface area contributed by atoms with Crippen molar-refractivity contribution >= 4 is 21.0 Å². The Bertz CT molecular complexity index is 929. The Balaban J connectivity index is 1.80. The van der Waals surface area contributed by atoms with Crippen LogP contribution in [0.4, 0.5) is 4.39 Å². The van der Waals surface area contributed by atoms with Crippen LogP contribution in [0.2, 0.25) is 0 Å².